The van der Waals surface area contributed by atoms with Gasteiger partial charge in [-0.15, -0.1) is 0 Å². The molecule has 0 rings (SSSR count). The molecule has 4 nitrogen and oxygen atoms in total. The van der Waals surface area contributed by atoms with Crippen LogP contribution in [0.25, 0.3) is 0 Å². The first-order chi connectivity index (χ1) is 12.5. The molecule has 0 fully saturated rings. The van der Waals surface area contributed by atoms with Gasteiger partial charge in [0, 0.05) is 0 Å². The Labute approximate surface area is 160 Å². The van der Waals surface area contributed by atoms with Crippen LogP contribution in [-0.2, 0) is 9.59 Å². The Bertz CT molecular complexity index is 354. The minimum absolute atomic E-state index is 0.259. The molecule has 0 spiro atoms. The van der Waals surface area contributed by atoms with Gasteiger partial charge in [-0.25, -0.2) is 0 Å². The molecular weight excluding hydrogens is 328 g/mol. The standard InChI is InChI=1S/C22H42O4/c1-3-5-6-7-8-9-10-12-15-19(4-2)16-13-11-14-17-20(22(25)26)18-21(23)24/h19-20H,3-18H2,1-2H3,(H,23,24)(H,25,26). The molecular formula is C22H42O4. The van der Waals surface area contributed by atoms with Crippen molar-refractivity contribution < 1.29 is 19.8 Å². The van der Waals surface area contributed by atoms with Crippen molar-refractivity contribution in [2.75, 3.05) is 0 Å². The Kier molecular flexibility index (Phi) is 16.7. The summed E-state index contributed by atoms with van der Waals surface area (Å²) in [6, 6.07) is 0. The van der Waals surface area contributed by atoms with Crippen LogP contribution < -0.4 is 0 Å². The number of hydrogen-bond donors (Lipinski definition) is 2. The smallest absolute Gasteiger partial charge is 0.307 e. The average molecular weight is 371 g/mol. The van der Waals surface area contributed by atoms with Crippen molar-refractivity contribution in [1.82, 2.24) is 0 Å². The molecule has 0 aliphatic rings. The second-order valence-corrected chi connectivity index (χ2v) is 7.81. The van der Waals surface area contributed by atoms with E-state index >= 15 is 0 Å². The average Bonchev–Trinajstić information content (AvgIpc) is 2.60. The highest BCUT2D eigenvalue weighted by Crippen LogP contribution is 2.22. The first-order valence-corrected chi connectivity index (χ1v) is 11.0. The van der Waals surface area contributed by atoms with Crippen LogP contribution in [0, 0.1) is 11.8 Å². The molecule has 0 heterocycles. The Morgan fingerprint density at radius 2 is 1.15 bits per heavy atom. The van der Waals surface area contributed by atoms with Crippen LogP contribution in [0.15, 0.2) is 0 Å². The number of carbonyl (C=O) groups is 2. The fraction of sp³-hybridized carbons (Fsp3) is 0.909. The van der Waals surface area contributed by atoms with Crippen molar-refractivity contribution in [3.05, 3.63) is 0 Å². The minimum Gasteiger partial charge on any atom is -0.481 e. The number of hydrogen-bond acceptors (Lipinski definition) is 2. The Balaban J connectivity index is 3.66. The summed E-state index contributed by atoms with van der Waals surface area (Å²) in [5.41, 5.74) is 0. The number of carboxylic acids is 2. The molecule has 0 saturated carbocycles. The first-order valence-electron chi connectivity index (χ1n) is 11.0. The highest BCUT2D eigenvalue weighted by atomic mass is 16.4. The largest absolute Gasteiger partial charge is 0.481 e. The molecule has 2 N–H and O–H groups in total. The van der Waals surface area contributed by atoms with Crippen LogP contribution >= 0.6 is 0 Å². The topological polar surface area (TPSA) is 74.6 Å². The summed E-state index contributed by atoms with van der Waals surface area (Å²) in [6.45, 7) is 4.52. The summed E-state index contributed by atoms with van der Waals surface area (Å²) in [5.74, 6) is -1.93. The molecule has 26 heavy (non-hydrogen) atoms. The highest BCUT2D eigenvalue weighted by molar-refractivity contribution is 5.77. The van der Waals surface area contributed by atoms with Crippen LogP contribution in [0.4, 0.5) is 0 Å². The van der Waals surface area contributed by atoms with Gasteiger partial charge in [-0.05, 0) is 12.3 Å². The lowest BCUT2D eigenvalue weighted by atomic mass is 9.91. The fourth-order valence-corrected chi connectivity index (χ4v) is 3.64. The zero-order chi connectivity index (χ0) is 19.6. The van der Waals surface area contributed by atoms with E-state index < -0.39 is 17.9 Å². The van der Waals surface area contributed by atoms with E-state index in [2.05, 4.69) is 13.8 Å². The molecule has 0 saturated heterocycles. The summed E-state index contributed by atoms with van der Waals surface area (Å²) in [5, 5.41) is 17.8. The number of unbranched alkanes of at least 4 members (excludes halogenated alkanes) is 9. The summed E-state index contributed by atoms with van der Waals surface area (Å²) in [7, 11) is 0. The summed E-state index contributed by atoms with van der Waals surface area (Å²) >= 11 is 0. The Morgan fingerprint density at radius 3 is 1.62 bits per heavy atom. The van der Waals surface area contributed by atoms with Crippen molar-refractivity contribution >= 4 is 11.9 Å². The van der Waals surface area contributed by atoms with Crippen molar-refractivity contribution in [3.8, 4) is 0 Å². The zero-order valence-electron chi connectivity index (χ0n) is 17.2. The SMILES string of the molecule is CCCCCCCCCCC(CC)CCCCCC(CC(=O)O)C(=O)O. The quantitative estimate of drug-likeness (QED) is 0.249. The van der Waals surface area contributed by atoms with Gasteiger partial charge in [-0.1, -0.05) is 104 Å². The molecule has 0 radical (unpaired) electrons. The second-order valence-electron chi connectivity index (χ2n) is 7.81. The molecule has 0 bridgehead atoms. The molecule has 0 aromatic heterocycles. The van der Waals surface area contributed by atoms with E-state index in [1.165, 1.54) is 70.6 Å². The van der Waals surface area contributed by atoms with Crippen molar-refractivity contribution in [2.45, 2.75) is 117 Å². The van der Waals surface area contributed by atoms with Crippen LogP contribution in [-0.4, -0.2) is 22.2 Å². The molecule has 154 valence electrons. The maximum Gasteiger partial charge on any atom is 0.307 e. The molecule has 2 atom stereocenters. The summed E-state index contributed by atoms with van der Waals surface area (Å²) in [6.07, 6.45) is 17.9. The third-order valence-electron chi connectivity index (χ3n) is 5.48. The third kappa shape index (κ3) is 15.2. The third-order valence-corrected chi connectivity index (χ3v) is 5.48. The van der Waals surface area contributed by atoms with Gasteiger partial charge in [0.05, 0.1) is 12.3 Å². The monoisotopic (exact) mass is 370 g/mol. The van der Waals surface area contributed by atoms with E-state index in [1.807, 2.05) is 0 Å². The van der Waals surface area contributed by atoms with Gasteiger partial charge in [0.25, 0.3) is 0 Å². The van der Waals surface area contributed by atoms with Gasteiger partial charge in [0.2, 0.25) is 0 Å². The summed E-state index contributed by atoms with van der Waals surface area (Å²) < 4.78 is 0. The molecule has 0 aliphatic heterocycles. The van der Waals surface area contributed by atoms with Crippen LogP contribution in [0.1, 0.15) is 117 Å². The van der Waals surface area contributed by atoms with E-state index in [4.69, 9.17) is 10.2 Å². The maximum absolute atomic E-state index is 11.0. The number of carboxylic acid groups (broad SMARTS) is 2. The van der Waals surface area contributed by atoms with E-state index in [-0.39, 0.29) is 6.42 Å². The van der Waals surface area contributed by atoms with Gasteiger partial charge in [0.15, 0.2) is 0 Å². The lowest BCUT2D eigenvalue weighted by Gasteiger charge is -2.15. The van der Waals surface area contributed by atoms with Gasteiger partial charge in [-0.3, -0.25) is 9.59 Å². The second kappa shape index (κ2) is 17.4. The van der Waals surface area contributed by atoms with Crippen LogP contribution in [0.2, 0.25) is 0 Å². The highest BCUT2D eigenvalue weighted by Gasteiger charge is 2.20. The van der Waals surface area contributed by atoms with E-state index in [0.717, 1.165) is 25.2 Å². The normalized spacial score (nSPS) is 13.5. The Morgan fingerprint density at radius 1 is 0.692 bits per heavy atom. The van der Waals surface area contributed by atoms with Crippen molar-refractivity contribution in [3.63, 3.8) is 0 Å². The predicted octanol–water partition coefficient (Wildman–Crippen LogP) is 6.67. The summed E-state index contributed by atoms with van der Waals surface area (Å²) in [4.78, 5) is 21.7. The Hall–Kier alpha value is -1.06. The first kappa shape index (κ1) is 24.9. The molecule has 0 aromatic rings. The van der Waals surface area contributed by atoms with E-state index in [1.54, 1.807) is 0 Å². The lowest BCUT2D eigenvalue weighted by Crippen LogP contribution is -2.17. The van der Waals surface area contributed by atoms with E-state index in [0.29, 0.717) is 6.42 Å². The van der Waals surface area contributed by atoms with Crippen molar-refractivity contribution in [1.29, 1.82) is 0 Å². The van der Waals surface area contributed by atoms with Crippen LogP contribution in [0.5, 0.6) is 0 Å². The molecule has 0 aromatic carbocycles. The number of rotatable bonds is 19. The van der Waals surface area contributed by atoms with Gasteiger partial charge >= 0.3 is 11.9 Å². The van der Waals surface area contributed by atoms with Gasteiger partial charge < -0.3 is 10.2 Å². The van der Waals surface area contributed by atoms with Crippen molar-refractivity contribution in [2.24, 2.45) is 11.8 Å². The lowest BCUT2D eigenvalue weighted by molar-refractivity contribution is -0.148. The number of aliphatic carboxylic acids is 2. The fourth-order valence-electron chi connectivity index (χ4n) is 3.64. The van der Waals surface area contributed by atoms with Gasteiger partial charge in [-0.2, -0.15) is 0 Å². The van der Waals surface area contributed by atoms with E-state index in [9.17, 15) is 9.59 Å². The van der Waals surface area contributed by atoms with Gasteiger partial charge in [0.1, 0.15) is 0 Å². The predicted molar refractivity (Wildman–Crippen MR) is 107 cm³/mol. The molecule has 0 amide bonds. The molecule has 0 aliphatic carbocycles. The molecule has 2 unspecified atom stereocenters. The zero-order valence-corrected chi connectivity index (χ0v) is 17.2. The maximum atomic E-state index is 11.0. The minimum atomic E-state index is -1.02. The van der Waals surface area contributed by atoms with Crippen LogP contribution in [0.3, 0.4) is 0 Å². The molecule has 4 heteroatoms.